The van der Waals surface area contributed by atoms with Crippen molar-refractivity contribution in [3.63, 3.8) is 0 Å². The Bertz CT molecular complexity index is 467. The molecule has 1 aliphatic rings. The second kappa shape index (κ2) is 4.80. The predicted molar refractivity (Wildman–Crippen MR) is 60.7 cm³/mol. The molecule has 2 unspecified atom stereocenters. The van der Waals surface area contributed by atoms with Crippen LogP contribution >= 0.6 is 15.9 Å². The molecule has 92 valence electrons. The molecule has 0 radical (unpaired) electrons. The molecule has 17 heavy (non-hydrogen) atoms. The maximum atomic E-state index is 13.7. The van der Waals surface area contributed by atoms with Crippen molar-refractivity contribution in [3.8, 4) is 0 Å². The Kier molecular flexibility index (Phi) is 3.56. The van der Waals surface area contributed by atoms with E-state index in [0.29, 0.717) is 0 Å². The number of ether oxygens (including phenoxy) is 1. The van der Waals surface area contributed by atoms with Crippen LogP contribution in [0.4, 0.5) is 8.78 Å². The number of Topliss-reactive ketones (excluding diaryl/α,β-unsaturated/α-hetero) is 1. The summed E-state index contributed by atoms with van der Waals surface area (Å²) >= 11 is 2.92. The van der Waals surface area contributed by atoms with E-state index in [2.05, 4.69) is 15.9 Å². The Balaban J connectivity index is 2.40. The first-order valence-corrected chi connectivity index (χ1v) is 5.82. The highest BCUT2D eigenvalue weighted by Gasteiger charge is 2.35. The van der Waals surface area contributed by atoms with E-state index in [4.69, 9.17) is 10.5 Å². The summed E-state index contributed by atoms with van der Waals surface area (Å²) in [6.07, 6.45) is 0. The van der Waals surface area contributed by atoms with Crippen LogP contribution in [0.2, 0.25) is 0 Å². The van der Waals surface area contributed by atoms with Crippen LogP contribution in [0.25, 0.3) is 0 Å². The van der Waals surface area contributed by atoms with Crippen molar-refractivity contribution < 1.29 is 18.3 Å². The van der Waals surface area contributed by atoms with E-state index in [0.717, 1.165) is 6.07 Å². The molecule has 2 rings (SSSR count). The van der Waals surface area contributed by atoms with Crippen LogP contribution in [-0.2, 0) is 4.74 Å². The molecule has 0 amide bonds. The molecular weight excluding hydrogens is 296 g/mol. The van der Waals surface area contributed by atoms with Crippen molar-refractivity contribution >= 4 is 21.7 Å². The summed E-state index contributed by atoms with van der Waals surface area (Å²) in [5.41, 5.74) is 5.10. The van der Waals surface area contributed by atoms with Crippen LogP contribution in [-0.4, -0.2) is 25.0 Å². The first-order chi connectivity index (χ1) is 8.02. The molecular formula is C11H10BrF2NO2. The van der Waals surface area contributed by atoms with Gasteiger partial charge in [-0.3, -0.25) is 4.79 Å². The fourth-order valence-corrected chi connectivity index (χ4v) is 2.11. The largest absolute Gasteiger partial charge is 0.379 e. The second-order valence-corrected chi connectivity index (χ2v) is 4.74. The zero-order valence-electron chi connectivity index (χ0n) is 8.75. The minimum absolute atomic E-state index is 0.0507. The van der Waals surface area contributed by atoms with Crippen molar-refractivity contribution in [3.05, 3.63) is 33.8 Å². The molecule has 1 heterocycles. The van der Waals surface area contributed by atoms with Gasteiger partial charge in [-0.15, -0.1) is 0 Å². The second-order valence-electron chi connectivity index (χ2n) is 3.89. The Labute approximate surface area is 105 Å². The zero-order chi connectivity index (χ0) is 12.6. The van der Waals surface area contributed by atoms with Gasteiger partial charge in [0.05, 0.1) is 29.2 Å². The predicted octanol–water partition coefficient (Wildman–Crippen LogP) is 1.88. The number of carbonyl (C=O) groups excluding carboxylic acids is 1. The number of nitrogens with two attached hydrogens (primary N) is 1. The highest BCUT2D eigenvalue weighted by molar-refractivity contribution is 9.10. The smallest absolute Gasteiger partial charge is 0.175 e. The average Bonchev–Trinajstić information content (AvgIpc) is 2.70. The minimum Gasteiger partial charge on any atom is -0.379 e. The van der Waals surface area contributed by atoms with E-state index in [1.807, 2.05) is 0 Å². The zero-order valence-corrected chi connectivity index (χ0v) is 10.3. The van der Waals surface area contributed by atoms with E-state index < -0.39 is 34.9 Å². The van der Waals surface area contributed by atoms with Gasteiger partial charge >= 0.3 is 0 Å². The SMILES string of the molecule is NC1COCC1C(=O)c1c(F)ccc(Br)c1F. The first kappa shape index (κ1) is 12.6. The number of hydrogen-bond donors (Lipinski definition) is 1. The van der Waals surface area contributed by atoms with E-state index in [1.54, 1.807) is 0 Å². The van der Waals surface area contributed by atoms with E-state index in [1.165, 1.54) is 6.07 Å². The van der Waals surface area contributed by atoms with Gasteiger partial charge in [-0.05, 0) is 28.1 Å². The fourth-order valence-electron chi connectivity index (χ4n) is 1.78. The number of benzene rings is 1. The standard InChI is InChI=1S/C11H10BrF2NO2/c12-6-1-2-7(13)9(10(6)14)11(16)5-3-17-4-8(5)15/h1-2,5,8H,3-4,15H2. The van der Waals surface area contributed by atoms with Crippen molar-refractivity contribution in [1.82, 2.24) is 0 Å². The lowest BCUT2D eigenvalue weighted by molar-refractivity contribution is 0.0887. The monoisotopic (exact) mass is 305 g/mol. The van der Waals surface area contributed by atoms with Gasteiger partial charge in [0.15, 0.2) is 11.6 Å². The normalized spacial score (nSPS) is 24.0. The Morgan fingerprint density at radius 3 is 2.71 bits per heavy atom. The number of halogens is 3. The lowest BCUT2D eigenvalue weighted by atomic mass is 9.93. The van der Waals surface area contributed by atoms with Gasteiger partial charge in [0, 0.05) is 6.04 Å². The van der Waals surface area contributed by atoms with E-state index in [9.17, 15) is 13.6 Å². The molecule has 2 N–H and O–H groups in total. The van der Waals surface area contributed by atoms with Gasteiger partial charge in [-0.1, -0.05) is 0 Å². The summed E-state index contributed by atoms with van der Waals surface area (Å²) in [4.78, 5) is 12.0. The molecule has 6 heteroatoms. The van der Waals surface area contributed by atoms with E-state index >= 15 is 0 Å². The van der Waals surface area contributed by atoms with Gasteiger partial charge in [-0.2, -0.15) is 0 Å². The topological polar surface area (TPSA) is 52.3 Å². The quantitative estimate of drug-likeness (QED) is 0.670. The average molecular weight is 306 g/mol. The fraction of sp³-hybridized carbons (Fsp3) is 0.364. The number of hydrogen-bond acceptors (Lipinski definition) is 3. The Morgan fingerprint density at radius 1 is 1.41 bits per heavy atom. The highest BCUT2D eigenvalue weighted by atomic mass is 79.9. The summed E-state index contributed by atoms with van der Waals surface area (Å²) in [7, 11) is 0. The highest BCUT2D eigenvalue weighted by Crippen LogP contribution is 2.26. The van der Waals surface area contributed by atoms with Gasteiger partial charge < -0.3 is 10.5 Å². The van der Waals surface area contributed by atoms with Gasteiger partial charge in [0.1, 0.15) is 5.82 Å². The summed E-state index contributed by atoms with van der Waals surface area (Å²) < 4.78 is 32.3. The molecule has 1 aromatic carbocycles. The van der Waals surface area contributed by atoms with Crippen LogP contribution in [0.3, 0.4) is 0 Å². The van der Waals surface area contributed by atoms with Gasteiger partial charge in [0.2, 0.25) is 0 Å². The summed E-state index contributed by atoms with van der Waals surface area (Å²) in [6, 6.07) is 1.74. The summed E-state index contributed by atoms with van der Waals surface area (Å²) in [5, 5.41) is 0. The first-order valence-electron chi connectivity index (χ1n) is 5.03. The maximum Gasteiger partial charge on any atom is 0.175 e. The third-order valence-electron chi connectivity index (χ3n) is 2.75. The minimum atomic E-state index is -0.894. The van der Waals surface area contributed by atoms with Crippen LogP contribution in [0, 0.1) is 17.6 Å². The molecule has 1 fully saturated rings. The number of carbonyl (C=O) groups is 1. The third-order valence-corrected chi connectivity index (χ3v) is 3.36. The van der Waals surface area contributed by atoms with Crippen LogP contribution in [0.1, 0.15) is 10.4 Å². The van der Waals surface area contributed by atoms with Crippen molar-refractivity contribution in [2.24, 2.45) is 11.7 Å². The van der Waals surface area contributed by atoms with E-state index in [-0.39, 0.29) is 17.7 Å². The molecule has 0 saturated carbocycles. The number of rotatable bonds is 2. The lowest BCUT2D eigenvalue weighted by Gasteiger charge is -2.13. The molecule has 1 saturated heterocycles. The molecule has 0 bridgehead atoms. The summed E-state index contributed by atoms with van der Waals surface area (Å²) in [5.74, 6) is -3.11. The van der Waals surface area contributed by atoms with Gasteiger partial charge in [0.25, 0.3) is 0 Å². The molecule has 1 aromatic rings. The van der Waals surface area contributed by atoms with Crippen molar-refractivity contribution in [2.75, 3.05) is 13.2 Å². The molecule has 3 nitrogen and oxygen atoms in total. The Morgan fingerprint density at radius 2 is 2.12 bits per heavy atom. The van der Waals surface area contributed by atoms with Crippen molar-refractivity contribution in [2.45, 2.75) is 6.04 Å². The number of ketones is 1. The molecule has 0 aromatic heterocycles. The Hall–Kier alpha value is -0.850. The maximum absolute atomic E-state index is 13.7. The lowest BCUT2D eigenvalue weighted by Crippen LogP contribution is -2.35. The van der Waals surface area contributed by atoms with Crippen LogP contribution < -0.4 is 5.73 Å². The molecule has 0 spiro atoms. The molecule has 2 atom stereocenters. The molecule has 0 aliphatic carbocycles. The van der Waals surface area contributed by atoms with Crippen LogP contribution in [0.15, 0.2) is 16.6 Å². The molecule has 1 aliphatic heterocycles. The van der Waals surface area contributed by atoms with Gasteiger partial charge in [-0.25, -0.2) is 8.78 Å². The van der Waals surface area contributed by atoms with Crippen molar-refractivity contribution in [1.29, 1.82) is 0 Å². The van der Waals surface area contributed by atoms with Crippen LogP contribution in [0.5, 0.6) is 0 Å². The third kappa shape index (κ3) is 2.25. The summed E-state index contributed by atoms with van der Waals surface area (Å²) in [6.45, 7) is 0.332.